The summed E-state index contributed by atoms with van der Waals surface area (Å²) in [6.45, 7) is 0. The molecule has 0 aliphatic rings. The topological polar surface area (TPSA) is 9.23 Å². The van der Waals surface area contributed by atoms with Crippen LogP contribution in [0.2, 0.25) is 0 Å². The lowest BCUT2D eigenvalue weighted by Crippen LogP contribution is -1.84. The van der Waals surface area contributed by atoms with Gasteiger partial charge >= 0.3 is 0 Å². The van der Waals surface area contributed by atoms with Gasteiger partial charge in [0, 0.05) is 4.90 Å². The lowest BCUT2D eigenvalue weighted by Gasteiger charge is -2.03. The zero-order chi connectivity index (χ0) is 10.9. The second kappa shape index (κ2) is 7.94. The molecule has 0 fully saturated rings. The molecule has 0 saturated carbocycles. The van der Waals surface area contributed by atoms with Crippen molar-refractivity contribution in [2.45, 2.75) is 24.2 Å². The maximum atomic E-state index is 5.18. The Balaban J connectivity index is 2.24. The van der Waals surface area contributed by atoms with Crippen molar-refractivity contribution in [1.29, 1.82) is 0 Å². The fourth-order valence-electron chi connectivity index (χ4n) is 1.27. The van der Waals surface area contributed by atoms with Gasteiger partial charge in [-0.25, -0.2) is 0 Å². The molecule has 0 heterocycles. The van der Waals surface area contributed by atoms with E-state index in [0.717, 1.165) is 11.5 Å². The summed E-state index contributed by atoms with van der Waals surface area (Å²) in [5.41, 5.74) is 0. The molecule has 0 amide bonds. The van der Waals surface area contributed by atoms with E-state index < -0.39 is 0 Å². The van der Waals surface area contributed by atoms with Crippen LogP contribution in [0.4, 0.5) is 0 Å². The van der Waals surface area contributed by atoms with Crippen molar-refractivity contribution in [2.75, 3.05) is 18.6 Å². The first kappa shape index (κ1) is 12.8. The molecule has 0 bridgehead atoms. The Morgan fingerprint density at radius 1 is 1.27 bits per heavy atom. The van der Waals surface area contributed by atoms with Gasteiger partial charge in [0.25, 0.3) is 0 Å². The average Bonchev–Trinajstić information content (AvgIpc) is 2.29. The highest BCUT2D eigenvalue weighted by Gasteiger charge is 1.96. The molecule has 1 rings (SSSR count). The van der Waals surface area contributed by atoms with E-state index in [-0.39, 0.29) is 0 Å². The predicted octanol–water partition coefficient (Wildman–Crippen LogP) is 3.89. The number of benzene rings is 1. The van der Waals surface area contributed by atoms with Gasteiger partial charge in [-0.15, -0.1) is 11.8 Å². The molecule has 15 heavy (non-hydrogen) atoms. The predicted molar refractivity (Wildman–Crippen MR) is 71.4 cm³/mol. The number of ether oxygens (including phenoxy) is 1. The van der Waals surface area contributed by atoms with Gasteiger partial charge < -0.3 is 4.74 Å². The fourth-order valence-corrected chi connectivity index (χ4v) is 2.45. The summed E-state index contributed by atoms with van der Waals surface area (Å²) in [6.07, 6.45) is 3.77. The number of unbranched alkanes of at least 4 members (excludes halogenated alkanes) is 2. The highest BCUT2D eigenvalue weighted by atomic mass is 32.2. The molecule has 0 atom stereocenters. The first-order valence-electron chi connectivity index (χ1n) is 5.24. The maximum Gasteiger partial charge on any atom is 0.119 e. The van der Waals surface area contributed by atoms with E-state index >= 15 is 0 Å². The van der Waals surface area contributed by atoms with Crippen LogP contribution in [0, 0.1) is 0 Å². The zero-order valence-electron chi connectivity index (χ0n) is 9.11. The van der Waals surface area contributed by atoms with Crippen molar-refractivity contribution in [2.24, 2.45) is 0 Å². The van der Waals surface area contributed by atoms with Crippen molar-refractivity contribution >= 4 is 24.4 Å². The normalized spacial score (nSPS) is 10.3. The van der Waals surface area contributed by atoms with Crippen LogP contribution < -0.4 is 4.74 Å². The Hall–Kier alpha value is -0.280. The number of rotatable bonds is 7. The van der Waals surface area contributed by atoms with E-state index in [1.165, 1.54) is 29.9 Å². The van der Waals surface area contributed by atoms with Gasteiger partial charge in [0.1, 0.15) is 5.75 Å². The zero-order valence-corrected chi connectivity index (χ0v) is 10.8. The fraction of sp³-hybridized carbons (Fsp3) is 0.500. The minimum Gasteiger partial charge on any atom is -0.497 e. The lowest BCUT2D eigenvalue weighted by molar-refractivity contribution is 0.413. The summed E-state index contributed by atoms with van der Waals surface area (Å²) < 4.78 is 5.18. The second-order valence-corrected chi connectivity index (χ2v) is 4.93. The Morgan fingerprint density at radius 3 is 2.87 bits per heavy atom. The smallest absolute Gasteiger partial charge is 0.119 e. The number of hydrogen-bond acceptors (Lipinski definition) is 3. The van der Waals surface area contributed by atoms with Gasteiger partial charge in [-0.1, -0.05) is 12.5 Å². The first-order valence-corrected chi connectivity index (χ1v) is 6.86. The van der Waals surface area contributed by atoms with Gasteiger partial charge in [-0.2, -0.15) is 12.6 Å². The van der Waals surface area contributed by atoms with Crippen molar-refractivity contribution in [3.63, 3.8) is 0 Å². The molecule has 3 heteroatoms. The number of hydrogen-bond donors (Lipinski definition) is 1. The molecule has 0 aliphatic carbocycles. The van der Waals surface area contributed by atoms with Crippen molar-refractivity contribution in [3.05, 3.63) is 24.3 Å². The molecule has 0 aromatic heterocycles. The molecule has 0 saturated heterocycles. The average molecular weight is 242 g/mol. The quantitative estimate of drug-likeness (QED) is 0.441. The molecular weight excluding hydrogens is 224 g/mol. The molecule has 0 N–H and O–H groups in total. The standard InChI is InChI=1S/C12H18OS2/c1-13-11-6-5-7-12(10-11)15-9-4-2-3-8-14/h5-7,10,14H,2-4,8-9H2,1H3. The van der Waals surface area contributed by atoms with E-state index in [4.69, 9.17) is 4.74 Å². The molecule has 84 valence electrons. The molecular formula is C12H18OS2. The van der Waals surface area contributed by atoms with Gasteiger partial charge in [-0.3, -0.25) is 0 Å². The van der Waals surface area contributed by atoms with Crippen LogP contribution in [-0.4, -0.2) is 18.6 Å². The van der Waals surface area contributed by atoms with Crippen LogP contribution in [0.15, 0.2) is 29.2 Å². The molecule has 1 aromatic carbocycles. The minimum atomic E-state index is 0.940. The van der Waals surface area contributed by atoms with Crippen molar-refractivity contribution < 1.29 is 4.74 Å². The molecule has 0 spiro atoms. The summed E-state index contributed by atoms with van der Waals surface area (Å²) >= 11 is 6.09. The highest BCUT2D eigenvalue weighted by molar-refractivity contribution is 7.99. The Labute approximate surface area is 102 Å². The van der Waals surface area contributed by atoms with Crippen molar-refractivity contribution in [1.82, 2.24) is 0 Å². The number of thioether (sulfide) groups is 1. The van der Waals surface area contributed by atoms with E-state index in [9.17, 15) is 0 Å². The maximum absolute atomic E-state index is 5.18. The number of thiol groups is 1. The summed E-state index contributed by atoms with van der Waals surface area (Å²) in [5.74, 6) is 3.13. The SMILES string of the molecule is COc1cccc(SCCCCCS)c1. The lowest BCUT2D eigenvalue weighted by atomic mass is 10.3. The summed E-state index contributed by atoms with van der Waals surface area (Å²) in [6, 6.07) is 8.23. The number of methoxy groups -OCH3 is 1. The van der Waals surface area contributed by atoms with Gasteiger partial charge in [0.2, 0.25) is 0 Å². The minimum absolute atomic E-state index is 0.940. The van der Waals surface area contributed by atoms with Crippen LogP contribution >= 0.6 is 24.4 Å². The summed E-state index contributed by atoms with van der Waals surface area (Å²) in [4.78, 5) is 1.29. The van der Waals surface area contributed by atoms with Gasteiger partial charge in [-0.05, 0) is 42.5 Å². The van der Waals surface area contributed by atoms with Crippen LogP contribution in [0.25, 0.3) is 0 Å². The van der Waals surface area contributed by atoms with Crippen LogP contribution in [0.5, 0.6) is 5.75 Å². The third-order valence-electron chi connectivity index (χ3n) is 2.11. The van der Waals surface area contributed by atoms with E-state index in [1.807, 2.05) is 23.9 Å². The van der Waals surface area contributed by atoms with E-state index in [2.05, 4.69) is 24.8 Å². The Kier molecular flexibility index (Phi) is 6.77. The van der Waals surface area contributed by atoms with Crippen molar-refractivity contribution in [3.8, 4) is 5.75 Å². The Morgan fingerprint density at radius 2 is 2.13 bits per heavy atom. The molecule has 0 unspecified atom stereocenters. The van der Waals surface area contributed by atoms with Crippen LogP contribution in [0.1, 0.15) is 19.3 Å². The van der Waals surface area contributed by atoms with Crippen LogP contribution in [-0.2, 0) is 0 Å². The summed E-state index contributed by atoms with van der Waals surface area (Å²) in [5, 5.41) is 0. The monoisotopic (exact) mass is 242 g/mol. The van der Waals surface area contributed by atoms with E-state index in [0.29, 0.717) is 0 Å². The van der Waals surface area contributed by atoms with Crippen LogP contribution in [0.3, 0.4) is 0 Å². The first-order chi connectivity index (χ1) is 7.36. The molecule has 0 aliphatic heterocycles. The second-order valence-electron chi connectivity index (χ2n) is 3.31. The third kappa shape index (κ3) is 5.38. The summed E-state index contributed by atoms with van der Waals surface area (Å²) in [7, 11) is 1.70. The molecule has 1 aromatic rings. The van der Waals surface area contributed by atoms with Gasteiger partial charge in [0.15, 0.2) is 0 Å². The Bertz CT molecular complexity index is 276. The largest absolute Gasteiger partial charge is 0.497 e. The highest BCUT2D eigenvalue weighted by Crippen LogP contribution is 2.23. The molecule has 0 radical (unpaired) electrons. The van der Waals surface area contributed by atoms with E-state index in [1.54, 1.807) is 7.11 Å². The third-order valence-corrected chi connectivity index (χ3v) is 3.51. The van der Waals surface area contributed by atoms with Gasteiger partial charge in [0.05, 0.1) is 7.11 Å². The molecule has 1 nitrogen and oxygen atoms in total.